The number of carbonyl (C=O) groups is 1. The Balaban J connectivity index is 2.22. The van der Waals surface area contributed by atoms with Crippen LogP contribution in [0.2, 0.25) is 0 Å². The van der Waals surface area contributed by atoms with Crippen LogP contribution in [0, 0.1) is 0 Å². The van der Waals surface area contributed by atoms with Crippen LogP contribution >= 0.6 is 0 Å². The second kappa shape index (κ2) is 6.67. The lowest BCUT2D eigenvalue weighted by Crippen LogP contribution is -2.22. The predicted molar refractivity (Wildman–Crippen MR) is 88.6 cm³/mol. The van der Waals surface area contributed by atoms with Gasteiger partial charge in [-0.2, -0.15) is 0 Å². The summed E-state index contributed by atoms with van der Waals surface area (Å²) in [5.74, 6) is 0.665. The second-order valence-electron chi connectivity index (χ2n) is 5.49. The largest absolute Gasteiger partial charge is 0.497 e. The summed E-state index contributed by atoms with van der Waals surface area (Å²) in [7, 11) is 1.60. The van der Waals surface area contributed by atoms with Crippen LogP contribution in [0.4, 0.5) is 0 Å². The average Bonchev–Trinajstić information content (AvgIpc) is 2.55. The first-order chi connectivity index (χ1) is 10.8. The third-order valence-electron chi connectivity index (χ3n) is 3.63. The summed E-state index contributed by atoms with van der Waals surface area (Å²) in [6, 6.07) is 14.0. The number of aliphatic hydroxyl groups is 1. The van der Waals surface area contributed by atoms with Crippen molar-refractivity contribution in [2.75, 3.05) is 7.11 Å². The number of hydrogen-bond acceptors (Lipinski definition) is 4. The molecule has 0 radical (unpaired) electrons. The van der Waals surface area contributed by atoms with Gasteiger partial charge in [-0.3, -0.25) is 0 Å². The fourth-order valence-electron chi connectivity index (χ4n) is 2.12. The van der Waals surface area contributed by atoms with Crippen LogP contribution in [-0.2, 0) is 10.4 Å². The highest BCUT2D eigenvalue weighted by Gasteiger charge is 2.25. The maximum atomic E-state index is 11.5. The van der Waals surface area contributed by atoms with E-state index in [1.54, 1.807) is 57.4 Å². The smallest absolute Gasteiger partial charge is 0.338 e. The normalized spacial score (nSPS) is 13.0. The molecule has 0 fully saturated rings. The number of rotatable bonds is 5. The Morgan fingerprint density at radius 3 is 1.83 bits per heavy atom. The minimum Gasteiger partial charge on any atom is -0.497 e. The third-order valence-corrected chi connectivity index (χ3v) is 3.63. The maximum Gasteiger partial charge on any atom is 0.338 e. The molecule has 4 nitrogen and oxygen atoms in total. The zero-order valence-electron chi connectivity index (χ0n) is 13.5. The number of benzene rings is 2. The molecule has 1 unspecified atom stereocenters. The van der Waals surface area contributed by atoms with E-state index in [9.17, 15) is 9.90 Å². The molecular formula is C19H20O4. The van der Waals surface area contributed by atoms with Crippen LogP contribution in [-0.4, -0.2) is 18.2 Å². The summed E-state index contributed by atoms with van der Waals surface area (Å²) in [6.45, 7) is 6.84. The Hall–Kier alpha value is -2.59. The summed E-state index contributed by atoms with van der Waals surface area (Å²) in [6.07, 6.45) is 0. The zero-order chi connectivity index (χ0) is 17.0. The van der Waals surface area contributed by atoms with Crippen LogP contribution in [0.1, 0.15) is 25.0 Å². The first kappa shape index (κ1) is 16.8. The molecule has 0 heterocycles. The first-order valence-electron chi connectivity index (χ1n) is 7.19. The van der Waals surface area contributed by atoms with Crippen LogP contribution < -0.4 is 9.47 Å². The Bertz CT molecular complexity index is 697. The Kier molecular flexibility index (Phi) is 4.86. The van der Waals surface area contributed by atoms with Gasteiger partial charge in [-0.15, -0.1) is 0 Å². The number of hydrogen-bond donors (Lipinski definition) is 1. The maximum absolute atomic E-state index is 11.5. The van der Waals surface area contributed by atoms with Gasteiger partial charge in [0, 0.05) is 5.57 Å². The molecule has 0 spiro atoms. The molecular weight excluding hydrogens is 292 g/mol. The monoisotopic (exact) mass is 312 g/mol. The number of esters is 1. The second-order valence-corrected chi connectivity index (χ2v) is 5.49. The molecule has 0 saturated carbocycles. The van der Waals surface area contributed by atoms with E-state index >= 15 is 0 Å². The van der Waals surface area contributed by atoms with Crippen molar-refractivity contribution >= 4 is 5.97 Å². The molecule has 0 amide bonds. The Labute approximate surface area is 136 Å². The van der Waals surface area contributed by atoms with Gasteiger partial charge < -0.3 is 14.6 Å². The quantitative estimate of drug-likeness (QED) is 0.522. The number of carbonyl (C=O) groups excluding carboxylic acids is 1. The molecule has 2 aromatic carbocycles. The molecule has 1 atom stereocenters. The van der Waals surface area contributed by atoms with E-state index in [0.29, 0.717) is 16.9 Å². The summed E-state index contributed by atoms with van der Waals surface area (Å²) < 4.78 is 10.3. The van der Waals surface area contributed by atoms with E-state index in [-0.39, 0.29) is 0 Å². The van der Waals surface area contributed by atoms with Gasteiger partial charge in [0.1, 0.15) is 17.1 Å². The van der Waals surface area contributed by atoms with Gasteiger partial charge in [-0.1, -0.05) is 30.8 Å². The Morgan fingerprint density at radius 1 is 1.00 bits per heavy atom. The van der Waals surface area contributed by atoms with Gasteiger partial charge in [0.25, 0.3) is 0 Å². The highest BCUT2D eigenvalue weighted by Crippen LogP contribution is 2.31. The van der Waals surface area contributed by atoms with Crippen molar-refractivity contribution in [1.29, 1.82) is 0 Å². The summed E-state index contributed by atoms with van der Waals surface area (Å²) >= 11 is 0. The molecule has 0 aromatic heterocycles. The highest BCUT2D eigenvalue weighted by molar-refractivity contribution is 5.88. The molecule has 23 heavy (non-hydrogen) atoms. The van der Waals surface area contributed by atoms with Crippen LogP contribution in [0.3, 0.4) is 0 Å². The van der Waals surface area contributed by atoms with Crippen molar-refractivity contribution in [3.8, 4) is 11.5 Å². The molecule has 2 aromatic rings. The van der Waals surface area contributed by atoms with E-state index in [2.05, 4.69) is 6.58 Å². The van der Waals surface area contributed by atoms with Crippen molar-refractivity contribution in [2.24, 2.45) is 0 Å². The Morgan fingerprint density at radius 2 is 1.43 bits per heavy atom. The van der Waals surface area contributed by atoms with E-state index in [1.807, 2.05) is 12.1 Å². The van der Waals surface area contributed by atoms with Crippen molar-refractivity contribution in [1.82, 2.24) is 0 Å². The van der Waals surface area contributed by atoms with E-state index in [4.69, 9.17) is 9.47 Å². The number of ether oxygens (including phenoxy) is 2. The van der Waals surface area contributed by atoms with E-state index in [0.717, 1.165) is 11.3 Å². The van der Waals surface area contributed by atoms with Crippen LogP contribution in [0.5, 0.6) is 11.5 Å². The lowest BCUT2D eigenvalue weighted by atomic mass is 9.88. The fraction of sp³-hybridized carbons (Fsp3) is 0.211. The minimum atomic E-state index is -1.16. The topological polar surface area (TPSA) is 55.8 Å². The summed E-state index contributed by atoms with van der Waals surface area (Å²) in [5, 5.41) is 10.8. The van der Waals surface area contributed by atoms with E-state index in [1.165, 1.54) is 0 Å². The van der Waals surface area contributed by atoms with Gasteiger partial charge in [-0.25, -0.2) is 4.79 Å². The molecule has 0 saturated heterocycles. The molecule has 120 valence electrons. The van der Waals surface area contributed by atoms with Crippen molar-refractivity contribution < 1.29 is 19.4 Å². The standard InChI is InChI=1S/C19H20O4/c1-13(2)18(20)23-17-11-7-15(8-12-17)19(3,21)14-5-9-16(22-4)10-6-14/h5-12,21H,1H2,2-4H3. The SMILES string of the molecule is C=C(C)C(=O)Oc1ccc(C(C)(O)c2ccc(OC)cc2)cc1. The fourth-order valence-corrected chi connectivity index (χ4v) is 2.12. The molecule has 1 N–H and O–H groups in total. The van der Waals surface area contributed by atoms with Gasteiger partial charge in [0.2, 0.25) is 0 Å². The van der Waals surface area contributed by atoms with Crippen LogP contribution in [0.15, 0.2) is 60.7 Å². The average molecular weight is 312 g/mol. The van der Waals surface area contributed by atoms with Gasteiger partial charge in [-0.05, 0) is 49.2 Å². The summed E-state index contributed by atoms with van der Waals surface area (Å²) in [4.78, 5) is 11.5. The summed E-state index contributed by atoms with van der Waals surface area (Å²) in [5.41, 5.74) is 0.602. The van der Waals surface area contributed by atoms with Crippen molar-refractivity contribution in [3.63, 3.8) is 0 Å². The number of methoxy groups -OCH3 is 1. The predicted octanol–water partition coefficient (Wildman–Crippen LogP) is 3.43. The lowest BCUT2D eigenvalue weighted by molar-refractivity contribution is -0.130. The molecule has 0 aliphatic heterocycles. The van der Waals surface area contributed by atoms with Gasteiger partial charge >= 0.3 is 5.97 Å². The molecule has 0 aliphatic rings. The van der Waals surface area contributed by atoms with E-state index < -0.39 is 11.6 Å². The van der Waals surface area contributed by atoms with Crippen molar-refractivity contribution in [3.05, 3.63) is 71.8 Å². The first-order valence-corrected chi connectivity index (χ1v) is 7.19. The molecule has 2 rings (SSSR count). The lowest BCUT2D eigenvalue weighted by Gasteiger charge is -2.25. The third kappa shape index (κ3) is 3.79. The molecule has 0 aliphatic carbocycles. The van der Waals surface area contributed by atoms with Crippen molar-refractivity contribution in [2.45, 2.75) is 19.4 Å². The van der Waals surface area contributed by atoms with Gasteiger partial charge in [0.05, 0.1) is 7.11 Å². The minimum absolute atomic E-state index is 0.333. The molecule has 0 bridgehead atoms. The molecule has 4 heteroatoms. The van der Waals surface area contributed by atoms with Crippen LogP contribution in [0.25, 0.3) is 0 Å². The zero-order valence-corrected chi connectivity index (χ0v) is 13.5. The highest BCUT2D eigenvalue weighted by atomic mass is 16.5. The van der Waals surface area contributed by atoms with Gasteiger partial charge in [0.15, 0.2) is 0 Å².